The van der Waals surface area contributed by atoms with Gasteiger partial charge in [-0.2, -0.15) is 0 Å². The predicted octanol–water partition coefficient (Wildman–Crippen LogP) is 2.88. The Balaban J connectivity index is 1.83. The molecule has 0 bridgehead atoms. The second-order valence-electron chi connectivity index (χ2n) is 4.41. The minimum atomic E-state index is -0.563. The van der Waals surface area contributed by atoms with E-state index in [1.165, 1.54) is 0 Å². The summed E-state index contributed by atoms with van der Waals surface area (Å²) in [4.78, 5) is 5.42. The molecule has 0 saturated carbocycles. The Bertz CT molecular complexity index is 652. The molecule has 0 aliphatic heterocycles. The van der Waals surface area contributed by atoms with Gasteiger partial charge < -0.3 is 9.52 Å². The smallest absolute Gasteiger partial charge is 0.193 e. The maximum atomic E-state index is 10.2. The van der Waals surface area contributed by atoms with Gasteiger partial charge in [0.2, 0.25) is 0 Å². The maximum absolute atomic E-state index is 10.2. The minimum Gasteiger partial charge on any atom is -0.466 e. The summed E-state index contributed by atoms with van der Waals surface area (Å²) in [7, 11) is 0. The summed E-state index contributed by atoms with van der Waals surface area (Å²) in [6, 6.07) is 1.89. The molecule has 0 aliphatic rings. The molecular weight excluding hydrogens is 248 g/mol. The molecule has 3 heterocycles. The van der Waals surface area contributed by atoms with Crippen LogP contribution in [0.2, 0.25) is 0 Å². The summed E-state index contributed by atoms with van der Waals surface area (Å²) in [6.07, 6.45) is 3.87. The van der Waals surface area contributed by atoms with Gasteiger partial charge in [-0.1, -0.05) is 0 Å². The molecule has 0 aromatic carbocycles. The highest BCUT2D eigenvalue weighted by molar-refractivity contribution is 7.15. The first-order chi connectivity index (χ1) is 8.63. The van der Waals surface area contributed by atoms with Crippen LogP contribution in [0.5, 0.6) is 0 Å². The van der Waals surface area contributed by atoms with E-state index in [1.54, 1.807) is 11.3 Å². The van der Waals surface area contributed by atoms with Gasteiger partial charge in [0, 0.05) is 29.8 Å². The first-order valence-corrected chi connectivity index (χ1v) is 6.67. The first kappa shape index (κ1) is 11.5. The van der Waals surface area contributed by atoms with Crippen molar-refractivity contribution in [1.29, 1.82) is 0 Å². The van der Waals surface area contributed by atoms with Crippen LogP contribution in [0.1, 0.15) is 28.9 Å². The van der Waals surface area contributed by atoms with E-state index >= 15 is 0 Å². The largest absolute Gasteiger partial charge is 0.466 e. The molecule has 1 unspecified atom stereocenters. The molecule has 18 heavy (non-hydrogen) atoms. The molecule has 0 saturated heterocycles. The third kappa shape index (κ3) is 1.95. The third-order valence-corrected chi connectivity index (χ3v) is 3.75. The zero-order valence-corrected chi connectivity index (χ0v) is 11.1. The number of furan rings is 1. The van der Waals surface area contributed by atoms with E-state index in [-0.39, 0.29) is 0 Å². The highest BCUT2D eigenvalue weighted by Crippen LogP contribution is 2.24. The standard InChI is InChI=1S/C13H14N2O2S/c1-8-5-11(9(2)17-8)12(16)6-10-7-15-3-4-18-13(15)14-10/h3-5,7,12,16H,6H2,1-2H3. The third-order valence-electron chi connectivity index (χ3n) is 2.98. The van der Waals surface area contributed by atoms with Crippen LogP contribution in [0.15, 0.2) is 28.3 Å². The van der Waals surface area contributed by atoms with Crippen molar-refractivity contribution in [2.45, 2.75) is 26.4 Å². The topological polar surface area (TPSA) is 50.7 Å². The van der Waals surface area contributed by atoms with Gasteiger partial charge in [0.1, 0.15) is 11.5 Å². The molecule has 3 aromatic rings. The summed E-state index contributed by atoms with van der Waals surface area (Å²) in [5, 5.41) is 12.2. The van der Waals surface area contributed by atoms with Gasteiger partial charge in [0.15, 0.2) is 4.96 Å². The average molecular weight is 262 g/mol. The summed E-state index contributed by atoms with van der Waals surface area (Å²) in [5.74, 6) is 1.60. The summed E-state index contributed by atoms with van der Waals surface area (Å²) >= 11 is 1.59. The van der Waals surface area contributed by atoms with Crippen LogP contribution >= 0.6 is 11.3 Å². The highest BCUT2D eigenvalue weighted by atomic mass is 32.1. The fourth-order valence-electron chi connectivity index (χ4n) is 2.16. The molecule has 1 N–H and O–H groups in total. The van der Waals surface area contributed by atoms with Gasteiger partial charge in [-0.05, 0) is 19.9 Å². The molecule has 4 nitrogen and oxygen atoms in total. The number of aryl methyl sites for hydroxylation is 2. The Kier molecular flexibility index (Phi) is 2.72. The molecule has 1 atom stereocenters. The summed E-state index contributed by atoms with van der Waals surface area (Å²) in [6.45, 7) is 3.76. The van der Waals surface area contributed by atoms with Crippen molar-refractivity contribution in [1.82, 2.24) is 9.38 Å². The summed E-state index contributed by atoms with van der Waals surface area (Å²) < 4.78 is 7.41. The normalized spacial score (nSPS) is 13.3. The minimum absolute atomic E-state index is 0.508. The molecule has 0 amide bonds. The average Bonchev–Trinajstić information content (AvgIpc) is 2.92. The van der Waals surface area contributed by atoms with Crippen molar-refractivity contribution in [3.05, 3.63) is 46.6 Å². The molecule has 0 spiro atoms. The predicted molar refractivity (Wildman–Crippen MR) is 69.9 cm³/mol. The van der Waals surface area contributed by atoms with Crippen molar-refractivity contribution < 1.29 is 9.52 Å². The van der Waals surface area contributed by atoms with Gasteiger partial charge >= 0.3 is 0 Å². The monoisotopic (exact) mass is 262 g/mol. The van der Waals surface area contributed by atoms with Crippen molar-refractivity contribution in [2.24, 2.45) is 0 Å². The van der Waals surface area contributed by atoms with E-state index in [0.29, 0.717) is 6.42 Å². The zero-order chi connectivity index (χ0) is 12.7. The number of hydrogen-bond donors (Lipinski definition) is 1. The van der Waals surface area contributed by atoms with Crippen molar-refractivity contribution in [3.63, 3.8) is 0 Å². The number of thiazole rings is 1. The van der Waals surface area contributed by atoms with Crippen LogP contribution in [0.4, 0.5) is 0 Å². The highest BCUT2D eigenvalue weighted by Gasteiger charge is 2.16. The van der Waals surface area contributed by atoms with Crippen molar-refractivity contribution in [3.8, 4) is 0 Å². The quantitative estimate of drug-likeness (QED) is 0.789. The van der Waals surface area contributed by atoms with E-state index in [1.807, 2.05) is 42.1 Å². The fraction of sp³-hybridized carbons (Fsp3) is 0.308. The van der Waals surface area contributed by atoms with Crippen LogP contribution in [0, 0.1) is 13.8 Å². The van der Waals surface area contributed by atoms with Gasteiger partial charge in [0.05, 0.1) is 11.8 Å². The SMILES string of the molecule is Cc1cc(C(O)Cc2cn3ccsc3n2)c(C)o1. The molecule has 5 heteroatoms. The fourth-order valence-corrected chi connectivity index (χ4v) is 2.88. The Labute approximate surface area is 109 Å². The van der Waals surface area contributed by atoms with Crippen LogP contribution in [0.25, 0.3) is 4.96 Å². The van der Waals surface area contributed by atoms with E-state index < -0.39 is 6.10 Å². The lowest BCUT2D eigenvalue weighted by Gasteiger charge is -2.06. The number of aliphatic hydroxyl groups is 1. The van der Waals surface area contributed by atoms with Gasteiger partial charge in [-0.25, -0.2) is 4.98 Å². The van der Waals surface area contributed by atoms with Gasteiger partial charge in [-0.15, -0.1) is 11.3 Å². The van der Waals surface area contributed by atoms with Gasteiger partial charge in [0.25, 0.3) is 0 Å². The van der Waals surface area contributed by atoms with Crippen LogP contribution in [-0.2, 0) is 6.42 Å². The molecule has 94 valence electrons. The second-order valence-corrected chi connectivity index (χ2v) is 5.29. The Hall–Kier alpha value is -1.59. The molecule has 0 fully saturated rings. The first-order valence-electron chi connectivity index (χ1n) is 5.79. The number of hydrogen-bond acceptors (Lipinski definition) is 4. The lowest BCUT2D eigenvalue weighted by molar-refractivity contribution is 0.175. The molecule has 3 aromatic heterocycles. The van der Waals surface area contributed by atoms with E-state index in [9.17, 15) is 5.11 Å². The molecule has 0 radical (unpaired) electrons. The second kappa shape index (κ2) is 4.26. The van der Waals surface area contributed by atoms with Crippen molar-refractivity contribution >= 4 is 16.3 Å². The van der Waals surface area contributed by atoms with Crippen LogP contribution in [-0.4, -0.2) is 14.5 Å². The lowest BCUT2D eigenvalue weighted by atomic mass is 10.1. The van der Waals surface area contributed by atoms with Crippen LogP contribution < -0.4 is 0 Å². The number of aliphatic hydroxyl groups excluding tert-OH is 1. The van der Waals surface area contributed by atoms with E-state index in [0.717, 1.165) is 27.7 Å². The van der Waals surface area contributed by atoms with Crippen LogP contribution in [0.3, 0.4) is 0 Å². The van der Waals surface area contributed by atoms with E-state index in [4.69, 9.17) is 4.42 Å². The van der Waals surface area contributed by atoms with E-state index in [2.05, 4.69) is 4.98 Å². The molecule has 0 aliphatic carbocycles. The maximum Gasteiger partial charge on any atom is 0.193 e. The zero-order valence-electron chi connectivity index (χ0n) is 10.3. The molecular formula is C13H14N2O2S. The Morgan fingerprint density at radius 1 is 1.50 bits per heavy atom. The number of imidazole rings is 1. The Morgan fingerprint density at radius 3 is 3.00 bits per heavy atom. The number of aromatic nitrogens is 2. The summed E-state index contributed by atoms with van der Waals surface area (Å²) in [5.41, 5.74) is 1.75. The Morgan fingerprint density at radius 2 is 2.33 bits per heavy atom. The van der Waals surface area contributed by atoms with Crippen molar-refractivity contribution in [2.75, 3.05) is 0 Å². The number of rotatable bonds is 3. The molecule has 3 rings (SSSR count). The number of nitrogens with zero attached hydrogens (tertiary/aromatic N) is 2. The lowest BCUT2D eigenvalue weighted by Crippen LogP contribution is -2.02. The number of fused-ring (bicyclic) bond motifs is 1. The van der Waals surface area contributed by atoms with Gasteiger partial charge in [-0.3, -0.25) is 4.40 Å².